The van der Waals surface area contributed by atoms with Crippen molar-refractivity contribution in [3.63, 3.8) is 0 Å². The number of rotatable bonds is 3. The summed E-state index contributed by atoms with van der Waals surface area (Å²) in [5, 5.41) is 3.20. The molecule has 0 bridgehead atoms. The minimum atomic E-state index is -0.244. The van der Waals surface area contributed by atoms with Gasteiger partial charge in [-0.2, -0.15) is 0 Å². The van der Waals surface area contributed by atoms with E-state index in [1.807, 2.05) is 23.9 Å². The number of halogens is 1. The number of nitrogens with two attached hydrogens (primary N) is 1. The zero-order chi connectivity index (χ0) is 14.0. The summed E-state index contributed by atoms with van der Waals surface area (Å²) >= 11 is 3.39. The van der Waals surface area contributed by atoms with E-state index >= 15 is 0 Å². The first-order valence-electron chi connectivity index (χ1n) is 6.83. The maximum Gasteiger partial charge on any atom is 0.268 e. The number of aryl methyl sites for hydroxylation is 1. The highest BCUT2D eigenvalue weighted by Crippen LogP contribution is 2.33. The van der Waals surface area contributed by atoms with Crippen molar-refractivity contribution in [2.45, 2.75) is 38.1 Å². The van der Waals surface area contributed by atoms with Crippen LogP contribution in [0.3, 0.4) is 0 Å². The topological polar surface area (TPSA) is 60.0 Å². The van der Waals surface area contributed by atoms with Gasteiger partial charge in [-0.25, -0.2) is 0 Å². The first-order chi connectivity index (χ1) is 8.98. The fourth-order valence-corrected chi connectivity index (χ4v) is 3.52. The second-order valence-electron chi connectivity index (χ2n) is 5.62. The standard InChI is InChI=1S/C14H22BrN3O/c1-10-5-3-4-6-14(10,9-16)17-13(19)12-7-11(15)8-18(12)2/h7-8,10H,3-6,9,16H2,1-2H3,(H,17,19). The number of carbonyl (C=O) groups excluding carboxylic acids is 1. The lowest BCUT2D eigenvalue weighted by atomic mass is 9.73. The van der Waals surface area contributed by atoms with Crippen LogP contribution in [0.1, 0.15) is 43.1 Å². The van der Waals surface area contributed by atoms with E-state index in [0.29, 0.717) is 18.2 Å². The third-order valence-electron chi connectivity index (χ3n) is 4.38. The molecular weight excluding hydrogens is 306 g/mol. The summed E-state index contributed by atoms with van der Waals surface area (Å²) in [6.07, 6.45) is 6.36. The average molecular weight is 328 g/mol. The summed E-state index contributed by atoms with van der Waals surface area (Å²) in [4.78, 5) is 12.4. The van der Waals surface area contributed by atoms with Crippen LogP contribution in [0.25, 0.3) is 0 Å². The molecule has 0 saturated heterocycles. The van der Waals surface area contributed by atoms with Crippen molar-refractivity contribution < 1.29 is 4.79 Å². The molecule has 106 valence electrons. The van der Waals surface area contributed by atoms with Crippen LogP contribution in [-0.4, -0.2) is 22.6 Å². The first-order valence-corrected chi connectivity index (χ1v) is 7.62. The summed E-state index contributed by atoms with van der Waals surface area (Å²) in [6.45, 7) is 2.69. The van der Waals surface area contributed by atoms with Crippen molar-refractivity contribution in [1.29, 1.82) is 0 Å². The molecule has 0 spiro atoms. The first kappa shape index (κ1) is 14.6. The molecule has 0 radical (unpaired) electrons. The lowest BCUT2D eigenvalue weighted by molar-refractivity contribution is 0.0804. The van der Waals surface area contributed by atoms with Gasteiger partial charge in [0.05, 0.1) is 5.54 Å². The second-order valence-corrected chi connectivity index (χ2v) is 6.53. The fourth-order valence-electron chi connectivity index (χ4n) is 2.99. The molecule has 0 aromatic carbocycles. The maximum absolute atomic E-state index is 12.4. The van der Waals surface area contributed by atoms with E-state index in [1.54, 1.807) is 0 Å². The highest BCUT2D eigenvalue weighted by molar-refractivity contribution is 9.10. The SMILES string of the molecule is CC1CCCCC1(CN)NC(=O)c1cc(Br)cn1C. The molecule has 1 aromatic heterocycles. The van der Waals surface area contributed by atoms with Gasteiger partial charge < -0.3 is 15.6 Å². The predicted molar refractivity (Wildman–Crippen MR) is 80.0 cm³/mol. The fraction of sp³-hybridized carbons (Fsp3) is 0.643. The van der Waals surface area contributed by atoms with E-state index in [-0.39, 0.29) is 11.4 Å². The molecule has 2 unspecified atom stereocenters. The zero-order valence-corrected chi connectivity index (χ0v) is 13.2. The number of carbonyl (C=O) groups is 1. The predicted octanol–water partition coefficient (Wildman–Crippen LogP) is 2.43. The molecule has 2 rings (SSSR count). The van der Waals surface area contributed by atoms with Crippen LogP contribution in [0.2, 0.25) is 0 Å². The van der Waals surface area contributed by atoms with Gasteiger partial charge in [-0.1, -0.05) is 19.8 Å². The van der Waals surface area contributed by atoms with Gasteiger partial charge >= 0.3 is 0 Å². The number of nitrogens with one attached hydrogen (secondary N) is 1. The molecule has 2 atom stereocenters. The van der Waals surface area contributed by atoms with Crippen LogP contribution in [0.4, 0.5) is 0 Å². The van der Waals surface area contributed by atoms with Gasteiger partial charge in [-0.3, -0.25) is 4.79 Å². The number of nitrogens with zero attached hydrogens (tertiary/aromatic N) is 1. The Balaban J connectivity index is 2.18. The highest BCUT2D eigenvalue weighted by Gasteiger charge is 2.38. The summed E-state index contributed by atoms with van der Waals surface area (Å²) in [6, 6.07) is 1.84. The summed E-state index contributed by atoms with van der Waals surface area (Å²) in [5.74, 6) is 0.395. The average Bonchev–Trinajstić information content (AvgIpc) is 2.71. The van der Waals surface area contributed by atoms with E-state index in [2.05, 4.69) is 28.2 Å². The van der Waals surface area contributed by atoms with Crippen LogP contribution in [0.15, 0.2) is 16.7 Å². The van der Waals surface area contributed by atoms with Crippen LogP contribution < -0.4 is 11.1 Å². The Labute approximate surface area is 122 Å². The number of hydrogen-bond donors (Lipinski definition) is 2. The van der Waals surface area contributed by atoms with E-state index < -0.39 is 0 Å². The Morgan fingerprint density at radius 3 is 2.89 bits per heavy atom. The molecule has 0 aliphatic heterocycles. The molecule has 5 heteroatoms. The molecule has 4 nitrogen and oxygen atoms in total. The second kappa shape index (κ2) is 5.67. The smallest absolute Gasteiger partial charge is 0.268 e. The molecule has 1 aliphatic carbocycles. The van der Waals surface area contributed by atoms with Gasteiger partial charge in [-0.15, -0.1) is 0 Å². The number of hydrogen-bond acceptors (Lipinski definition) is 2. The van der Waals surface area contributed by atoms with Crippen LogP contribution in [0.5, 0.6) is 0 Å². The number of amides is 1. The lowest BCUT2D eigenvalue weighted by Crippen LogP contribution is -2.59. The summed E-state index contributed by atoms with van der Waals surface area (Å²) in [5.41, 5.74) is 6.39. The molecular formula is C14H22BrN3O. The Morgan fingerprint density at radius 2 is 2.37 bits per heavy atom. The summed E-state index contributed by atoms with van der Waals surface area (Å²) < 4.78 is 2.75. The monoisotopic (exact) mass is 327 g/mol. The molecule has 1 aromatic rings. The van der Waals surface area contributed by atoms with E-state index in [0.717, 1.165) is 23.7 Å². The van der Waals surface area contributed by atoms with E-state index in [4.69, 9.17) is 5.73 Å². The quantitative estimate of drug-likeness (QED) is 0.895. The van der Waals surface area contributed by atoms with Gasteiger partial charge in [0.2, 0.25) is 0 Å². The molecule has 1 fully saturated rings. The Hall–Kier alpha value is -0.810. The Bertz CT molecular complexity index is 471. The van der Waals surface area contributed by atoms with E-state index in [1.165, 1.54) is 6.42 Å². The van der Waals surface area contributed by atoms with Gasteiger partial charge in [-0.05, 0) is 40.8 Å². The molecule has 19 heavy (non-hydrogen) atoms. The maximum atomic E-state index is 12.4. The molecule has 1 heterocycles. The third kappa shape index (κ3) is 2.87. The van der Waals surface area contributed by atoms with Gasteiger partial charge in [0, 0.05) is 24.3 Å². The highest BCUT2D eigenvalue weighted by atomic mass is 79.9. The molecule has 3 N–H and O–H groups in total. The lowest BCUT2D eigenvalue weighted by Gasteiger charge is -2.42. The van der Waals surface area contributed by atoms with Crippen molar-refractivity contribution in [1.82, 2.24) is 9.88 Å². The minimum Gasteiger partial charge on any atom is -0.345 e. The molecule has 1 amide bonds. The zero-order valence-electron chi connectivity index (χ0n) is 11.6. The van der Waals surface area contributed by atoms with Crippen molar-refractivity contribution in [2.75, 3.05) is 6.54 Å². The van der Waals surface area contributed by atoms with Crippen LogP contribution >= 0.6 is 15.9 Å². The summed E-state index contributed by atoms with van der Waals surface area (Å²) in [7, 11) is 1.87. The third-order valence-corrected chi connectivity index (χ3v) is 4.82. The van der Waals surface area contributed by atoms with Gasteiger partial charge in [0.15, 0.2) is 0 Å². The molecule has 1 aliphatic rings. The Morgan fingerprint density at radius 1 is 1.63 bits per heavy atom. The normalized spacial score (nSPS) is 27.3. The van der Waals surface area contributed by atoms with Crippen LogP contribution in [-0.2, 0) is 7.05 Å². The van der Waals surface area contributed by atoms with Crippen molar-refractivity contribution >= 4 is 21.8 Å². The van der Waals surface area contributed by atoms with Gasteiger partial charge in [0.25, 0.3) is 5.91 Å². The van der Waals surface area contributed by atoms with E-state index in [9.17, 15) is 4.79 Å². The number of aromatic nitrogens is 1. The molecule has 1 saturated carbocycles. The van der Waals surface area contributed by atoms with Crippen LogP contribution in [0, 0.1) is 5.92 Å². The van der Waals surface area contributed by atoms with Crippen molar-refractivity contribution in [3.05, 3.63) is 22.4 Å². The van der Waals surface area contributed by atoms with Gasteiger partial charge in [0.1, 0.15) is 5.69 Å². The van der Waals surface area contributed by atoms with Crippen molar-refractivity contribution in [3.8, 4) is 0 Å². The van der Waals surface area contributed by atoms with Crippen molar-refractivity contribution in [2.24, 2.45) is 18.7 Å². The Kier molecular flexibility index (Phi) is 4.36. The largest absolute Gasteiger partial charge is 0.345 e. The minimum absolute atomic E-state index is 0.0348.